The van der Waals surface area contributed by atoms with Crippen molar-refractivity contribution in [3.63, 3.8) is 0 Å². The van der Waals surface area contributed by atoms with Crippen LogP contribution in [0.3, 0.4) is 0 Å². The molecule has 2 amide bonds. The van der Waals surface area contributed by atoms with Gasteiger partial charge in [-0.15, -0.1) is 0 Å². The van der Waals surface area contributed by atoms with Crippen LogP contribution >= 0.6 is 0 Å². The summed E-state index contributed by atoms with van der Waals surface area (Å²) in [5, 5.41) is 2.91. The van der Waals surface area contributed by atoms with Gasteiger partial charge in [-0.1, -0.05) is 6.07 Å². The Morgan fingerprint density at radius 1 is 1.47 bits per heavy atom. The highest BCUT2D eigenvalue weighted by atomic mass is 16.5. The molecule has 0 spiro atoms. The van der Waals surface area contributed by atoms with Crippen LogP contribution in [0.15, 0.2) is 18.2 Å². The van der Waals surface area contributed by atoms with Crippen LogP contribution in [0.1, 0.15) is 18.4 Å². The zero-order valence-electron chi connectivity index (χ0n) is 10.8. The lowest BCUT2D eigenvalue weighted by molar-refractivity contribution is -0.122. The number of carbonyl (C=O) groups excluding carboxylic acids is 2. The van der Waals surface area contributed by atoms with Crippen molar-refractivity contribution < 1.29 is 14.3 Å². The monoisotopic (exact) mass is 260 g/mol. The fourth-order valence-electron chi connectivity index (χ4n) is 2.11. The zero-order chi connectivity index (χ0) is 13.4. The number of hydrogen-bond acceptors (Lipinski definition) is 3. The molecule has 1 aromatic rings. The van der Waals surface area contributed by atoms with Gasteiger partial charge < -0.3 is 15.0 Å². The Morgan fingerprint density at radius 2 is 2.26 bits per heavy atom. The molecule has 5 nitrogen and oxygen atoms in total. The molecular weight excluding hydrogens is 244 g/mol. The molecule has 1 N–H and O–H groups in total. The van der Waals surface area contributed by atoms with Crippen LogP contribution in [-0.2, 0) is 16.1 Å². The SMILES string of the molecule is CN1C(=O)COc2ccc(CNC(=O)C3CC3)cc21. The molecule has 1 fully saturated rings. The van der Waals surface area contributed by atoms with Crippen molar-refractivity contribution in [3.05, 3.63) is 23.8 Å². The molecule has 5 heteroatoms. The molecule has 0 atom stereocenters. The van der Waals surface area contributed by atoms with Crippen molar-refractivity contribution in [3.8, 4) is 5.75 Å². The Kier molecular flexibility index (Phi) is 2.89. The van der Waals surface area contributed by atoms with Gasteiger partial charge in [0.15, 0.2) is 6.61 Å². The van der Waals surface area contributed by atoms with Gasteiger partial charge in [0.25, 0.3) is 5.91 Å². The van der Waals surface area contributed by atoms with E-state index >= 15 is 0 Å². The van der Waals surface area contributed by atoms with Crippen molar-refractivity contribution in [1.82, 2.24) is 5.32 Å². The third kappa shape index (κ3) is 2.41. The van der Waals surface area contributed by atoms with Gasteiger partial charge >= 0.3 is 0 Å². The first-order valence-corrected chi connectivity index (χ1v) is 6.45. The molecule has 1 saturated carbocycles. The molecule has 19 heavy (non-hydrogen) atoms. The highest BCUT2D eigenvalue weighted by Crippen LogP contribution is 2.32. The van der Waals surface area contributed by atoms with Gasteiger partial charge in [0, 0.05) is 19.5 Å². The molecule has 3 rings (SSSR count). The average Bonchev–Trinajstić information content (AvgIpc) is 3.25. The summed E-state index contributed by atoms with van der Waals surface area (Å²) in [5.74, 6) is 0.981. The second-order valence-corrected chi connectivity index (χ2v) is 5.04. The van der Waals surface area contributed by atoms with Gasteiger partial charge in [0.1, 0.15) is 5.75 Å². The van der Waals surface area contributed by atoms with E-state index in [0.717, 1.165) is 24.1 Å². The molecular formula is C14H16N2O3. The van der Waals surface area contributed by atoms with E-state index in [2.05, 4.69) is 5.32 Å². The summed E-state index contributed by atoms with van der Waals surface area (Å²) < 4.78 is 5.36. The second kappa shape index (κ2) is 4.57. The summed E-state index contributed by atoms with van der Waals surface area (Å²) in [4.78, 5) is 24.7. The van der Waals surface area contributed by atoms with E-state index in [0.29, 0.717) is 12.3 Å². The average molecular weight is 260 g/mol. The summed E-state index contributed by atoms with van der Waals surface area (Å²) in [5.41, 5.74) is 1.73. The third-order valence-electron chi connectivity index (χ3n) is 3.52. The number of nitrogens with one attached hydrogen (secondary N) is 1. The molecule has 0 radical (unpaired) electrons. The molecule has 0 unspecified atom stereocenters. The number of ether oxygens (including phenoxy) is 1. The molecule has 1 heterocycles. The Bertz CT molecular complexity index is 537. The number of hydrogen-bond donors (Lipinski definition) is 1. The third-order valence-corrected chi connectivity index (χ3v) is 3.52. The van der Waals surface area contributed by atoms with Crippen LogP contribution < -0.4 is 15.0 Å². The number of carbonyl (C=O) groups is 2. The van der Waals surface area contributed by atoms with Crippen LogP contribution in [0.4, 0.5) is 5.69 Å². The first kappa shape index (κ1) is 12.0. The van der Waals surface area contributed by atoms with Gasteiger partial charge in [0.2, 0.25) is 5.91 Å². The molecule has 1 aliphatic carbocycles. The lowest BCUT2D eigenvalue weighted by Crippen LogP contribution is -2.35. The highest BCUT2D eigenvalue weighted by Gasteiger charge is 2.29. The lowest BCUT2D eigenvalue weighted by atomic mass is 10.1. The summed E-state index contributed by atoms with van der Waals surface area (Å²) >= 11 is 0. The number of likely N-dealkylation sites (N-methyl/N-ethyl adjacent to an activating group) is 1. The van der Waals surface area contributed by atoms with Gasteiger partial charge in [0.05, 0.1) is 5.69 Å². The predicted molar refractivity (Wildman–Crippen MR) is 69.9 cm³/mol. The fourth-order valence-corrected chi connectivity index (χ4v) is 2.11. The molecule has 0 aromatic heterocycles. The van der Waals surface area contributed by atoms with Crippen molar-refractivity contribution in [2.75, 3.05) is 18.6 Å². The number of fused-ring (bicyclic) bond motifs is 1. The van der Waals surface area contributed by atoms with Crippen LogP contribution in [0, 0.1) is 5.92 Å². The standard InChI is InChI=1S/C14H16N2O3/c1-16-11-6-9(7-15-14(18)10-3-4-10)2-5-12(11)19-8-13(16)17/h2,5-6,10H,3-4,7-8H2,1H3,(H,15,18). The van der Waals surface area contributed by atoms with E-state index in [4.69, 9.17) is 4.74 Å². The largest absolute Gasteiger partial charge is 0.482 e. The minimum atomic E-state index is -0.0633. The van der Waals surface area contributed by atoms with Crippen molar-refractivity contribution in [1.29, 1.82) is 0 Å². The number of benzene rings is 1. The second-order valence-electron chi connectivity index (χ2n) is 5.04. The quantitative estimate of drug-likeness (QED) is 0.884. The van der Waals surface area contributed by atoms with Crippen LogP contribution in [0.25, 0.3) is 0 Å². The topological polar surface area (TPSA) is 58.6 Å². The zero-order valence-corrected chi connectivity index (χ0v) is 10.8. The molecule has 1 aromatic carbocycles. The Hall–Kier alpha value is -2.04. The van der Waals surface area contributed by atoms with Crippen LogP contribution in [-0.4, -0.2) is 25.5 Å². The van der Waals surface area contributed by atoms with Gasteiger partial charge in [-0.3, -0.25) is 9.59 Å². The van der Waals surface area contributed by atoms with E-state index in [1.54, 1.807) is 11.9 Å². The molecule has 1 aliphatic heterocycles. The normalized spacial score (nSPS) is 17.7. The molecule has 0 saturated heterocycles. The van der Waals surface area contributed by atoms with E-state index in [-0.39, 0.29) is 24.3 Å². The van der Waals surface area contributed by atoms with E-state index in [1.807, 2.05) is 18.2 Å². The van der Waals surface area contributed by atoms with Crippen LogP contribution in [0.2, 0.25) is 0 Å². The van der Waals surface area contributed by atoms with Crippen molar-refractivity contribution in [2.24, 2.45) is 5.92 Å². The lowest BCUT2D eigenvalue weighted by Gasteiger charge is -2.26. The number of nitrogens with zero attached hydrogens (tertiary/aromatic N) is 1. The Balaban J connectivity index is 1.72. The number of amides is 2. The minimum Gasteiger partial charge on any atom is -0.482 e. The summed E-state index contributed by atoms with van der Waals surface area (Å²) in [7, 11) is 1.73. The van der Waals surface area contributed by atoms with Crippen LogP contribution in [0.5, 0.6) is 5.75 Å². The number of rotatable bonds is 3. The molecule has 2 aliphatic rings. The smallest absolute Gasteiger partial charge is 0.264 e. The van der Waals surface area contributed by atoms with Crippen molar-refractivity contribution >= 4 is 17.5 Å². The predicted octanol–water partition coefficient (Wildman–Crippen LogP) is 1.07. The maximum absolute atomic E-state index is 11.6. The van der Waals surface area contributed by atoms with Gasteiger partial charge in [-0.05, 0) is 30.5 Å². The summed E-state index contributed by atoms with van der Waals surface area (Å²) in [6.45, 7) is 0.575. The first-order chi connectivity index (χ1) is 9.15. The fraction of sp³-hybridized carbons (Fsp3) is 0.429. The maximum Gasteiger partial charge on any atom is 0.264 e. The van der Waals surface area contributed by atoms with E-state index in [9.17, 15) is 9.59 Å². The Labute approximate surface area is 111 Å². The number of anilines is 1. The highest BCUT2D eigenvalue weighted by molar-refractivity contribution is 5.97. The van der Waals surface area contributed by atoms with E-state index in [1.165, 1.54) is 0 Å². The van der Waals surface area contributed by atoms with Gasteiger partial charge in [-0.2, -0.15) is 0 Å². The Morgan fingerprint density at radius 3 is 3.00 bits per heavy atom. The maximum atomic E-state index is 11.6. The van der Waals surface area contributed by atoms with E-state index < -0.39 is 0 Å². The molecule has 100 valence electrons. The summed E-state index contributed by atoms with van der Waals surface area (Å²) in [6, 6.07) is 5.64. The minimum absolute atomic E-state index is 0.0633. The first-order valence-electron chi connectivity index (χ1n) is 6.45. The summed E-state index contributed by atoms with van der Waals surface area (Å²) in [6.07, 6.45) is 2.00. The molecule has 0 bridgehead atoms. The van der Waals surface area contributed by atoms with Crippen molar-refractivity contribution in [2.45, 2.75) is 19.4 Å². The van der Waals surface area contributed by atoms with Gasteiger partial charge in [-0.25, -0.2) is 0 Å².